The number of esters is 2. The summed E-state index contributed by atoms with van der Waals surface area (Å²) in [5.74, 6) is -2.42. The first-order chi connectivity index (χ1) is 26.6. The minimum absolute atomic E-state index is 0.119. The third-order valence-electron chi connectivity index (χ3n) is 8.15. The molecule has 0 heterocycles. The summed E-state index contributed by atoms with van der Waals surface area (Å²) in [5.41, 5.74) is 0. The number of ether oxygens (including phenoxy) is 4. The highest BCUT2D eigenvalue weighted by molar-refractivity contribution is 5.70. The van der Waals surface area contributed by atoms with Gasteiger partial charge in [-0.2, -0.15) is 0 Å². The molecule has 0 bridgehead atoms. The maximum atomic E-state index is 12.7. The predicted octanol–water partition coefficient (Wildman–Crippen LogP) is 9.21. The predicted molar refractivity (Wildman–Crippen MR) is 223 cm³/mol. The Kier molecular flexibility index (Phi) is 35.0. The Morgan fingerprint density at radius 1 is 0.545 bits per heavy atom. The van der Waals surface area contributed by atoms with E-state index in [1.54, 1.807) is 0 Å². The molecule has 312 valence electrons. The second-order valence-corrected chi connectivity index (χ2v) is 14.5. The van der Waals surface area contributed by atoms with E-state index in [1.165, 1.54) is 19.3 Å². The van der Waals surface area contributed by atoms with E-state index in [1.807, 2.05) is 33.3 Å². The van der Waals surface area contributed by atoms with Crippen LogP contribution in [0.4, 0.5) is 0 Å². The summed E-state index contributed by atoms with van der Waals surface area (Å²) >= 11 is 0. The van der Waals surface area contributed by atoms with E-state index in [0.717, 1.165) is 70.6 Å². The third-order valence-corrected chi connectivity index (χ3v) is 8.15. The Morgan fingerprint density at radius 3 is 1.53 bits per heavy atom. The van der Waals surface area contributed by atoms with Crippen LogP contribution in [0.2, 0.25) is 0 Å². The number of unbranched alkanes of at least 4 members (excludes halogenated alkanes) is 7. The molecule has 0 aliphatic heterocycles. The second-order valence-electron chi connectivity index (χ2n) is 14.5. The molecule has 0 saturated heterocycles. The number of likely N-dealkylation sites (N-methyl/N-ethyl adjacent to an activating group) is 1. The molecule has 0 aliphatic carbocycles. The zero-order valence-corrected chi connectivity index (χ0v) is 35.0. The van der Waals surface area contributed by atoms with Gasteiger partial charge in [0.15, 0.2) is 12.4 Å². The quantitative estimate of drug-likeness (QED) is 0.0204. The Balaban J connectivity index is 4.59. The molecule has 0 spiro atoms. The molecule has 0 amide bonds. The number of carboxylic acid groups (broad SMARTS) is 1. The van der Waals surface area contributed by atoms with Gasteiger partial charge in [0.2, 0.25) is 0 Å². The number of hydrogen-bond donors (Lipinski definition) is 0. The number of carbonyl (C=O) groups excluding carboxylic acids is 3. The van der Waals surface area contributed by atoms with Gasteiger partial charge < -0.3 is 33.3 Å². The van der Waals surface area contributed by atoms with E-state index in [4.69, 9.17) is 18.9 Å². The topological polar surface area (TPSA) is 111 Å². The van der Waals surface area contributed by atoms with Gasteiger partial charge in [-0.15, -0.1) is 0 Å². The smallest absolute Gasteiger partial charge is 0.306 e. The van der Waals surface area contributed by atoms with Gasteiger partial charge in [0, 0.05) is 12.8 Å². The standard InChI is InChI=1S/C46H75NO8/c1-6-8-10-12-14-16-18-20-21-22-23-25-26-28-30-32-34-36-43(48)53-40-42(41-54-46(45(50)51)52-39-38-47(3,4)5)55-44(49)37-35-33-31-29-27-24-19-17-15-13-11-9-7-2/h8-11,14-17,20-21,24,27,31,33,42,46H,6-7,12-13,18-19,22-23,25-26,28-30,32,34-41H2,1-5H3/b10-8-,11-9-,16-14-,17-15-,21-20-,27-24-,33-31-. The van der Waals surface area contributed by atoms with Crippen molar-refractivity contribution >= 4 is 17.9 Å². The van der Waals surface area contributed by atoms with Crippen molar-refractivity contribution in [3.05, 3.63) is 85.1 Å². The Hall–Kier alpha value is -3.53. The maximum absolute atomic E-state index is 12.7. The summed E-state index contributed by atoms with van der Waals surface area (Å²) in [4.78, 5) is 36.8. The number of hydrogen-bond acceptors (Lipinski definition) is 8. The molecule has 0 fully saturated rings. The van der Waals surface area contributed by atoms with Gasteiger partial charge in [-0.1, -0.05) is 131 Å². The van der Waals surface area contributed by atoms with Crippen molar-refractivity contribution in [2.45, 2.75) is 142 Å². The Bertz CT molecular complexity index is 1170. The zero-order chi connectivity index (χ0) is 40.7. The molecule has 0 aromatic carbocycles. The summed E-state index contributed by atoms with van der Waals surface area (Å²) < 4.78 is 22.4. The van der Waals surface area contributed by atoms with Crippen molar-refractivity contribution < 1.29 is 42.9 Å². The summed E-state index contributed by atoms with van der Waals surface area (Å²) in [6.07, 6.45) is 43.5. The molecule has 2 atom stereocenters. The Morgan fingerprint density at radius 2 is 1.02 bits per heavy atom. The summed E-state index contributed by atoms with van der Waals surface area (Å²) in [6, 6.07) is 0. The van der Waals surface area contributed by atoms with Gasteiger partial charge >= 0.3 is 11.9 Å². The lowest BCUT2D eigenvalue weighted by Crippen LogP contribution is -2.44. The number of carbonyl (C=O) groups is 3. The van der Waals surface area contributed by atoms with Crippen molar-refractivity contribution in [2.24, 2.45) is 0 Å². The number of quaternary nitrogens is 1. The highest BCUT2D eigenvalue weighted by Gasteiger charge is 2.21. The van der Waals surface area contributed by atoms with Crippen LogP contribution in [0, 0.1) is 0 Å². The fraction of sp³-hybridized carbons (Fsp3) is 0.630. The van der Waals surface area contributed by atoms with Crippen LogP contribution in [0.15, 0.2) is 85.1 Å². The summed E-state index contributed by atoms with van der Waals surface area (Å²) in [6.45, 7) is 4.38. The third kappa shape index (κ3) is 38.5. The molecule has 55 heavy (non-hydrogen) atoms. The average Bonchev–Trinajstić information content (AvgIpc) is 3.14. The van der Waals surface area contributed by atoms with Crippen LogP contribution in [0.1, 0.15) is 129 Å². The molecule has 2 unspecified atom stereocenters. The fourth-order valence-corrected chi connectivity index (χ4v) is 4.97. The maximum Gasteiger partial charge on any atom is 0.306 e. The number of allylic oxidation sites excluding steroid dienone is 14. The summed E-state index contributed by atoms with van der Waals surface area (Å²) in [5, 5.41) is 11.7. The zero-order valence-electron chi connectivity index (χ0n) is 35.0. The van der Waals surface area contributed by atoms with E-state index in [2.05, 4.69) is 86.8 Å². The molecule has 0 rings (SSSR count). The molecular weight excluding hydrogens is 695 g/mol. The van der Waals surface area contributed by atoms with E-state index in [9.17, 15) is 19.5 Å². The largest absolute Gasteiger partial charge is 0.545 e. The van der Waals surface area contributed by atoms with Crippen molar-refractivity contribution in [3.8, 4) is 0 Å². The van der Waals surface area contributed by atoms with Crippen LogP contribution < -0.4 is 5.11 Å². The molecule has 9 nitrogen and oxygen atoms in total. The van der Waals surface area contributed by atoms with E-state index < -0.39 is 30.3 Å². The van der Waals surface area contributed by atoms with Crippen LogP contribution in [0.3, 0.4) is 0 Å². The molecule has 0 aromatic rings. The second kappa shape index (κ2) is 37.4. The summed E-state index contributed by atoms with van der Waals surface area (Å²) in [7, 11) is 5.87. The van der Waals surface area contributed by atoms with Crippen LogP contribution in [0.25, 0.3) is 0 Å². The van der Waals surface area contributed by atoms with Crippen LogP contribution in [-0.2, 0) is 33.3 Å². The van der Waals surface area contributed by atoms with Gasteiger partial charge in [-0.3, -0.25) is 9.59 Å². The Labute approximate surface area is 334 Å². The minimum atomic E-state index is -1.64. The normalized spacial score (nSPS) is 13.8. The van der Waals surface area contributed by atoms with E-state index in [-0.39, 0.29) is 32.7 Å². The van der Waals surface area contributed by atoms with Gasteiger partial charge in [0.25, 0.3) is 0 Å². The van der Waals surface area contributed by atoms with Gasteiger partial charge in [0.05, 0.1) is 40.3 Å². The van der Waals surface area contributed by atoms with Crippen LogP contribution in [0.5, 0.6) is 0 Å². The lowest BCUT2D eigenvalue weighted by atomic mass is 10.1. The molecule has 0 aliphatic rings. The lowest BCUT2D eigenvalue weighted by molar-refractivity contribution is -0.870. The molecule has 0 N–H and O–H groups in total. The van der Waals surface area contributed by atoms with Crippen molar-refractivity contribution in [1.82, 2.24) is 0 Å². The van der Waals surface area contributed by atoms with Crippen LogP contribution in [-0.4, -0.2) is 82.3 Å². The first-order valence-corrected chi connectivity index (χ1v) is 20.7. The van der Waals surface area contributed by atoms with Crippen LogP contribution >= 0.6 is 0 Å². The first kappa shape index (κ1) is 51.5. The molecular formula is C46H75NO8. The van der Waals surface area contributed by atoms with Gasteiger partial charge in [-0.05, 0) is 70.6 Å². The monoisotopic (exact) mass is 770 g/mol. The van der Waals surface area contributed by atoms with Crippen molar-refractivity contribution in [3.63, 3.8) is 0 Å². The first-order valence-electron chi connectivity index (χ1n) is 20.7. The number of aliphatic carboxylic acids is 1. The molecule has 9 heteroatoms. The number of nitrogens with zero attached hydrogens (tertiary/aromatic N) is 1. The highest BCUT2D eigenvalue weighted by Crippen LogP contribution is 2.12. The van der Waals surface area contributed by atoms with Crippen molar-refractivity contribution in [2.75, 3.05) is 47.5 Å². The highest BCUT2D eigenvalue weighted by atomic mass is 16.7. The van der Waals surface area contributed by atoms with E-state index in [0.29, 0.717) is 23.9 Å². The fourth-order valence-electron chi connectivity index (χ4n) is 4.97. The van der Waals surface area contributed by atoms with E-state index >= 15 is 0 Å². The van der Waals surface area contributed by atoms with Gasteiger partial charge in [0.1, 0.15) is 13.2 Å². The molecule has 0 aromatic heterocycles. The number of rotatable bonds is 36. The average molecular weight is 770 g/mol. The SMILES string of the molecule is CC/C=C\C/C=C\C/C=C\C/C=C\CCC(=O)OC(COC(=O)CCCCCCCCC/C=C\C/C=C\C/C=C\CC)COC(OCC[N+](C)(C)C)C(=O)[O-]. The molecule has 0 saturated carbocycles. The van der Waals surface area contributed by atoms with Crippen molar-refractivity contribution in [1.29, 1.82) is 0 Å². The molecule has 0 radical (unpaired) electrons. The van der Waals surface area contributed by atoms with Gasteiger partial charge in [-0.25, -0.2) is 0 Å². The lowest BCUT2D eigenvalue weighted by Gasteiger charge is -2.26. The minimum Gasteiger partial charge on any atom is -0.545 e. The number of carboxylic acids is 1.